The Morgan fingerprint density at radius 3 is 1.95 bits per heavy atom. The second kappa shape index (κ2) is 5.54. The van der Waals surface area contributed by atoms with Crippen LogP contribution in [0.4, 0.5) is 27.8 Å². The molecule has 0 saturated heterocycles. The van der Waals surface area contributed by atoms with Crippen molar-refractivity contribution in [1.29, 1.82) is 0 Å². The average Bonchev–Trinajstić information content (AvgIpc) is 2.51. The summed E-state index contributed by atoms with van der Waals surface area (Å²) < 4.78 is 71.7. The van der Waals surface area contributed by atoms with Gasteiger partial charge in [-0.3, -0.25) is 0 Å². The molecule has 1 aromatic heterocycles. The van der Waals surface area contributed by atoms with E-state index in [0.717, 1.165) is 19.2 Å². The molecule has 5 nitrogen and oxygen atoms in total. The van der Waals surface area contributed by atoms with E-state index in [1.807, 2.05) is 0 Å². The van der Waals surface area contributed by atoms with E-state index >= 15 is 0 Å². The lowest BCUT2D eigenvalue weighted by Crippen LogP contribution is -2.06. The third-order valence-corrected chi connectivity index (χ3v) is 2.70. The topological polar surface area (TPSA) is 65.3 Å². The molecule has 0 atom stereocenters. The van der Waals surface area contributed by atoms with E-state index in [9.17, 15) is 32.1 Å². The lowest BCUT2D eigenvalue weighted by molar-refractivity contribution is -0.389. The number of aromatic nitrogens is 1. The zero-order valence-corrected chi connectivity index (χ0v) is 10.7. The molecule has 0 aliphatic rings. The minimum absolute atomic E-state index is 0.395. The summed E-state index contributed by atoms with van der Waals surface area (Å²) in [6.07, 6.45) is 0. The first-order valence-electron chi connectivity index (χ1n) is 5.50. The van der Waals surface area contributed by atoms with E-state index in [-0.39, 0.29) is 0 Å². The third kappa shape index (κ3) is 2.32. The maximum absolute atomic E-state index is 13.8. The fourth-order valence-corrected chi connectivity index (χ4v) is 1.69. The van der Waals surface area contributed by atoms with E-state index in [4.69, 9.17) is 4.74 Å². The van der Waals surface area contributed by atoms with E-state index in [1.54, 1.807) is 0 Å². The standard InChI is InChI=1S/C12H5F5N2O3/c1-22-4-2-3-5(19(20)21)18-12(4)6-7(13)9(15)11(17)10(16)8(6)14/h2-3H,1H3. The van der Waals surface area contributed by atoms with Crippen LogP contribution in [-0.4, -0.2) is 17.0 Å². The molecule has 2 aromatic rings. The van der Waals surface area contributed by atoms with Crippen LogP contribution >= 0.6 is 0 Å². The minimum atomic E-state index is -2.34. The Labute approximate surface area is 119 Å². The zero-order chi connectivity index (χ0) is 16.6. The quantitative estimate of drug-likeness (QED) is 0.286. The molecule has 0 unspecified atom stereocenters. The van der Waals surface area contributed by atoms with Crippen LogP contribution in [-0.2, 0) is 0 Å². The Kier molecular flexibility index (Phi) is 3.93. The van der Waals surface area contributed by atoms with Crippen LogP contribution in [0, 0.1) is 39.2 Å². The number of halogens is 5. The number of ether oxygens (including phenoxy) is 1. The molecule has 1 aromatic carbocycles. The highest BCUT2D eigenvalue weighted by molar-refractivity contribution is 5.69. The summed E-state index contributed by atoms with van der Waals surface area (Å²) in [4.78, 5) is 12.9. The van der Waals surface area contributed by atoms with E-state index in [1.165, 1.54) is 0 Å². The van der Waals surface area contributed by atoms with Gasteiger partial charge in [-0.25, -0.2) is 22.0 Å². The number of hydrogen-bond acceptors (Lipinski definition) is 4. The first-order chi connectivity index (χ1) is 10.3. The van der Waals surface area contributed by atoms with Crippen LogP contribution in [0.5, 0.6) is 5.75 Å². The fraction of sp³-hybridized carbons (Fsp3) is 0.0833. The first kappa shape index (κ1) is 15.6. The monoisotopic (exact) mass is 320 g/mol. The van der Waals surface area contributed by atoms with E-state index < -0.39 is 56.8 Å². The Morgan fingerprint density at radius 1 is 1.00 bits per heavy atom. The summed E-state index contributed by atoms with van der Waals surface area (Å²) in [6, 6.07) is 1.78. The summed E-state index contributed by atoms with van der Waals surface area (Å²) in [5.74, 6) is -12.3. The lowest BCUT2D eigenvalue weighted by atomic mass is 10.1. The zero-order valence-electron chi connectivity index (χ0n) is 10.7. The fourth-order valence-electron chi connectivity index (χ4n) is 1.69. The summed E-state index contributed by atoms with van der Waals surface area (Å²) >= 11 is 0. The van der Waals surface area contributed by atoms with Crippen LogP contribution in [0.2, 0.25) is 0 Å². The van der Waals surface area contributed by atoms with Gasteiger partial charge in [0.15, 0.2) is 29.0 Å². The maximum Gasteiger partial charge on any atom is 0.364 e. The Balaban J connectivity index is 2.87. The summed E-state index contributed by atoms with van der Waals surface area (Å²) in [5, 5.41) is 10.6. The highest BCUT2D eigenvalue weighted by atomic mass is 19.2. The van der Waals surface area contributed by atoms with Gasteiger partial charge in [-0.15, -0.1) is 0 Å². The van der Waals surface area contributed by atoms with Gasteiger partial charge in [0.2, 0.25) is 11.5 Å². The predicted molar refractivity (Wildman–Crippen MR) is 62.7 cm³/mol. The van der Waals surface area contributed by atoms with Gasteiger partial charge in [-0.2, -0.15) is 0 Å². The van der Waals surface area contributed by atoms with Crippen molar-refractivity contribution >= 4 is 5.82 Å². The van der Waals surface area contributed by atoms with Crippen molar-refractivity contribution in [2.45, 2.75) is 0 Å². The molecule has 0 N–H and O–H groups in total. The molecule has 1 heterocycles. The largest absolute Gasteiger partial charge is 0.492 e. The average molecular weight is 320 g/mol. The van der Waals surface area contributed by atoms with Crippen molar-refractivity contribution in [1.82, 2.24) is 4.98 Å². The maximum atomic E-state index is 13.8. The van der Waals surface area contributed by atoms with Crippen molar-refractivity contribution in [3.05, 3.63) is 51.3 Å². The number of nitrogens with zero attached hydrogens (tertiary/aromatic N) is 2. The molecule has 10 heteroatoms. The van der Waals surface area contributed by atoms with Gasteiger partial charge >= 0.3 is 5.82 Å². The Bertz CT molecular complexity index is 753. The molecule has 0 radical (unpaired) electrons. The van der Waals surface area contributed by atoms with Gasteiger partial charge in [-0.1, -0.05) is 0 Å². The van der Waals surface area contributed by atoms with Gasteiger partial charge in [0.25, 0.3) is 0 Å². The Hall–Kier alpha value is -2.78. The molecule has 0 aliphatic heterocycles. The van der Waals surface area contributed by atoms with Crippen LogP contribution in [0.1, 0.15) is 0 Å². The van der Waals surface area contributed by atoms with Crippen molar-refractivity contribution in [3.63, 3.8) is 0 Å². The SMILES string of the molecule is COc1ccc([N+](=O)[O-])nc1-c1c(F)c(F)c(F)c(F)c1F. The minimum Gasteiger partial charge on any atom is -0.492 e. The number of hydrogen-bond donors (Lipinski definition) is 0. The summed E-state index contributed by atoms with van der Waals surface area (Å²) in [7, 11) is 1.04. The number of benzene rings is 1. The normalized spacial score (nSPS) is 10.6. The molecule has 0 amide bonds. The van der Waals surface area contributed by atoms with Crippen LogP contribution < -0.4 is 4.74 Å². The van der Waals surface area contributed by atoms with Crippen molar-refractivity contribution in [2.75, 3.05) is 7.11 Å². The molecule has 0 aliphatic carbocycles. The summed E-state index contributed by atoms with van der Waals surface area (Å²) in [5.41, 5.74) is -2.28. The van der Waals surface area contributed by atoms with Gasteiger partial charge in [0, 0.05) is 6.07 Å². The van der Waals surface area contributed by atoms with Gasteiger partial charge in [-0.05, 0) is 16.0 Å². The van der Waals surface area contributed by atoms with Crippen molar-refractivity contribution < 1.29 is 31.6 Å². The number of methoxy groups -OCH3 is 1. The summed E-state index contributed by atoms with van der Waals surface area (Å²) in [6.45, 7) is 0. The first-order valence-corrected chi connectivity index (χ1v) is 5.50. The molecule has 22 heavy (non-hydrogen) atoms. The molecular formula is C12H5F5N2O3. The highest BCUT2D eigenvalue weighted by Crippen LogP contribution is 2.36. The number of rotatable bonds is 3. The predicted octanol–water partition coefficient (Wildman–Crippen LogP) is 3.36. The highest BCUT2D eigenvalue weighted by Gasteiger charge is 2.32. The van der Waals surface area contributed by atoms with Gasteiger partial charge in [0.1, 0.15) is 5.56 Å². The van der Waals surface area contributed by atoms with Crippen molar-refractivity contribution in [2.24, 2.45) is 0 Å². The van der Waals surface area contributed by atoms with Crippen LogP contribution in [0.15, 0.2) is 12.1 Å². The smallest absolute Gasteiger partial charge is 0.364 e. The van der Waals surface area contributed by atoms with Gasteiger partial charge < -0.3 is 14.9 Å². The van der Waals surface area contributed by atoms with E-state index in [0.29, 0.717) is 0 Å². The number of pyridine rings is 1. The molecule has 0 fully saturated rings. The molecular weight excluding hydrogens is 315 g/mol. The van der Waals surface area contributed by atoms with Crippen molar-refractivity contribution in [3.8, 4) is 17.0 Å². The van der Waals surface area contributed by atoms with Gasteiger partial charge in [0.05, 0.1) is 7.11 Å². The number of nitro groups is 1. The molecule has 116 valence electrons. The molecule has 0 bridgehead atoms. The van der Waals surface area contributed by atoms with Crippen LogP contribution in [0.3, 0.4) is 0 Å². The molecule has 2 rings (SSSR count). The lowest BCUT2D eigenvalue weighted by Gasteiger charge is -2.08. The molecule has 0 spiro atoms. The van der Waals surface area contributed by atoms with Crippen LogP contribution in [0.25, 0.3) is 11.3 Å². The molecule has 0 saturated carbocycles. The second-order valence-electron chi connectivity index (χ2n) is 3.92. The Morgan fingerprint density at radius 2 is 1.50 bits per heavy atom. The van der Waals surface area contributed by atoms with E-state index in [2.05, 4.69) is 4.98 Å². The second-order valence-corrected chi connectivity index (χ2v) is 3.92. The third-order valence-electron chi connectivity index (χ3n) is 2.70.